The van der Waals surface area contributed by atoms with E-state index in [1.54, 1.807) is 26.0 Å². The van der Waals surface area contributed by atoms with Gasteiger partial charge in [-0.2, -0.15) is 5.26 Å². The highest BCUT2D eigenvalue weighted by Gasteiger charge is 2.21. The molecule has 0 bridgehead atoms. The molecule has 2 aromatic rings. The zero-order valence-electron chi connectivity index (χ0n) is 21.2. The van der Waals surface area contributed by atoms with Crippen molar-refractivity contribution in [2.45, 2.75) is 34.6 Å². The highest BCUT2D eigenvalue weighted by Crippen LogP contribution is 2.40. The molecule has 0 aliphatic carbocycles. The van der Waals surface area contributed by atoms with Gasteiger partial charge in [0.25, 0.3) is 0 Å². The number of carbonyl (C=O) groups is 2. The van der Waals surface area contributed by atoms with E-state index in [4.69, 9.17) is 28.4 Å². The highest BCUT2D eigenvalue weighted by atomic mass is 16.6. The van der Waals surface area contributed by atoms with Crippen LogP contribution in [-0.2, 0) is 9.53 Å². The average Bonchev–Trinajstić information content (AvgIpc) is 2.86. The number of carbonyl (C=O) groups excluding carboxylic acids is 2. The van der Waals surface area contributed by atoms with E-state index in [2.05, 4.69) is 0 Å². The molecular weight excluding hydrogens is 466 g/mol. The van der Waals surface area contributed by atoms with Gasteiger partial charge in [0.2, 0.25) is 5.75 Å². The zero-order chi connectivity index (χ0) is 26.5. The Kier molecular flexibility index (Phi) is 11.1. The SMILES string of the molecule is CCOC(=O)/C(C#N)=C/c1ccc(OC(=O)c2cc(OCC)c(OCC)c(OCC)c2)c(OCC)c1. The summed E-state index contributed by atoms with van der Waals surface area (Å²) in [6.07, 6.45) is 1.38. The smallest absolute Gasteiger partial charge is 0.348 e. The van der Waals surface area contributed by atoms with Gasteiger partial charge in [0, 0.05) is 0 Å². The first-order chi connectivity index (χ1) is 17.4. The molecule has 0 saturated carbocycles. The van der Waals surface area contributed by atoms with E-state index >= 15 is 0 Å². The molecule has 9 heteroatoms. The third-order valence-electron chi connectivity index (χ3n) is 4.54. The number of hydrogen-bond donors (Lipinski definition) is 0. The topological polar surface area (TPSA) is 113 Å². The molecule has 0 unspecified atom stereocenters. The van der Waals surface area contributed by atoms with Gasteiger partial charge in [0.1, 0.15) is 11.6 Å². The number of benzene rings is 2. The Morgan fingerprint density at radius 1 is 0.778 bits per heavy atom. The van der Waals surface area contributed by atoms with Crippen LogP contribution < -0.4 is 23.7 Å². The Bertz CT molecular complexity index is 1110. The lowest BCUT2D eigenvalue weighted by Gasteiger charge is -2.17. The van der Waals surface area contributed by atoms with Crippen molar-refractivity contribution >= 4 is 18.0 Å². The molecule has 0 saturated heterocycles. The van der Waals surface area contributed by atoms with Crippen LogP contribution in [0.5, 0.6) is 28.7 Å². The van der Waals surface area contributed by atoms with Gasteiger partial charge < -0.3 is 28.4 Å². The van der Waals surface area contributed by atoms with Crippen LogP contribution in [-0.4, -0.2) is 45.0 Å². The molecule has 0 aliphatic heterocycles. The largest absolute Gasteiger partial charge is 0.490 e. The predicted molar refractivity (Wildman–Crippen MR) is 133 cm³/mol. The van der Waals surface area contributed by atoms with Crippen molar-refractivity contribution in [2.24, 2.45) is 0 Å². The fourth-order valence-corrected chi connectivity index (χ4v) is 3.14. The molecule has 0 atom stereocenters. The first-order valence-electron chi connectivity index (χ1n) is 11.8. The molecule has 0 radical (unpaired) electrons. The Labute approximate surface area is 211 Å². The van der Waals surface area contributed by atoms with Crippen LogP contribution >= 0.6 is 0 Å². The summed E-state index contributed by atoms with van der Waals surface area (Å²) in [5.74, 6) is 0.197. The second-order valence-electron chi connectivity index (χ2n) is 7.02. The number of nitriles is 1. The Balaban J connectivity index is 2.42. The van der Waals surface area contributed by atoms with Crippen molar-refractivity contribution in [3.63, 3.8) is 0 Å². The second-order valence-corrected chi connectivity index (χ2v) is 7.02. The molecule has 36 heavy (non-hydrogen) atoms. The number of ether oxygens (including phenoxy) is 6. The molecule has 0 fully saturated rings. The minimum Gasteiger partial charge on any atom is -0.490 e. The molecule has 192 valence electrons. The van der Waals surface area contributed by atoms with Gasteiger partial charge >= 0.3 is 11.9 Å². The van der Waals surface area contributed by atoms with Gasteiger partial charge in [-0.1, -0.05) is 6.07 Å². The third kappa shape index (κ3) is 7.40. The maximum absolute atomic E-state index is 13.1. The molecular formula is C27H31NO8. The second kappa shape index (κ2) is 14.3. The van der Waals surface area contributed by atoms with E-state index < -0.39 is 11.9 Å². The summed E-state index contributed by atoms with van der Waals surface area (Å²) in [6, 6.07) is 9.59. The van der Waals surface area contributed by atoms with Gasteiger partial charge in [-0.25, -0.2) is 9.59 Å². The van der Waals surface area contributed by atoms with Crippen LogP contribution in [0, 0.1) is 11.3 Å². The first-order valence-corrected chi connectivity index (χ1v) is 11.8. The maximum atomic E-state index is 13.1. The fraction of sp³-hybridized carbons (Fsp3) is 0.370. The molecule has 0 heterocycles. The molecule has 0 N–H and O–H groups in total. The summed E-state index contributed by atoms with van der Waals surface area (Å²) in [4.78, 5) is 25.0. The number of nitrogens with zero attached hydrogens (tertiary/aromatic N) is 1. The molecule has 2 aromatic carbocycles. The highest BCUT2D eigenvalue weighted by molar-refractivity contribution is 5.98. The summed E-state index contributed by atoms with van der Waals surface area (Å²) in [7, 11) is 0. The van der Waals surface area contributed by atoms with Crippen molar-refractivity contribution in [1.82, 2.24) is 0 Å². The van der Waals surface area contributed by atoms with E-state index in [0.29, 0.717) is 49.2 Å². The Morgan fingerprint density at radius 3 is 1.89 bits per heavy atom. The number of hydrogen-bond acceptors (Lipinski definition) is 9. The van der Waals surface area contributed by atoms with Crippen LogP contribution in [0.25, 0.3) is 6.08 Å². The van der Waals surface area contributed by atoms with E-state index in [9.17, 15) is 14.9 Å². The molecule has 0 amide bonds. The summed E-state index contributed by atoms with van der Waals surface area (Å²) in [5, 5.41) is 9.28. The normalized spacial score (nSPS) is 10.7. The standard InChI is InChI=1S/C27H31NO8/c1-6-31-22-14-18(13-20(17-28)26(29)35-10-5)11-12-21(22)36-27(30)19-15-23(32-7-2)25(34-9-4)24(16-19)33-8-3/h11-16H,6-10H2,1-5H3/b20-13+. The summed E-state index contributed by atoms with van der Waals surface area (Å²) >= 11 is 0. The summed E-state index contributed by atoms with van der Waals surface area (Å²) in [5.41, 5.74) is 0.539. The Morgan fingerprint density at radius 2 is 1.36 bits per heavy atom. The molecule has 0 aromatic heterocycles. The first kappa shape index (κ1) is 28.1. The quantitative estimate of drug-likeness (QED) is 0.164. The van der Waals surface area contributed by atoms with Crippen LogP contribution in [0.2, 0.25) is 0 Å². The third-order valence-corrected chi connectivity index (χ3v) is 4.54. The van der Waals surface area contributed by atoms with E-state index in [1.807, 2.05) is 26.8 Å². The lowest BCUT2D eigenvalue weighted by Crippen LogP contribution is -2.12. The van der Waals surface area contributed by atoms with Crippen LogP contribution in [0.4, 0.5) is 0 Å². The lowest BCUT2D eigenvalue weighted by atomic mass is 10.1. The number of rotatable bonds is 13. The van der Waals surface area contributed by atoms with Crippen LogP contribution in [0.1, 0.15) is 50.5 Å². The van der Waals surface area contributed by atoms with E-state index in [-0.39, 0.29) is 29.2 Å². The van der Waals surface area contributed by atoms with Crippen molar-refractivity contribution < 1.29 is 38.0 Å². The van der Waals surface area contributed by atoms with Crippen molar-refractivity contribution in [3.8, 4) is 34.8 Å². The monoisotopic (exact) mass is 497 g/mol. The van der Waals surface area contributed by atoms with E-state index in [0.717, 1.165) is 0 Å². The molecule has 9 nitrogen and oxygen atoms in total. The van der Waals surface area contributed by atoms with Crippen molar-refractivity contribution in [1.29, 1.82) is 5.26 Å². The average molecular weight is 498 g/mol. The van der Waals surface area contributed by atoms with Gasteiger partial charge in [-0.3, -0.25) is 0 Å². The maximum Gasteiger partial charge on any atom is 0.348 e. The zero-order valence-corrected chi connectivity index (χ0v) is 21.2. The predicted octanol–water partition coefficient (Wildman–Crippen LogP) is 4.97. The summed E-state index contributed by atoms with van der Waals surface area (Å²) < 4.78 is 33.2. The van der Waals surface area contributed by atoms with E-state index in [1.165, 1.54) is 24.3 Å². The molecule has 0 aliphatic rings. The molecule has 2 rings (SSSR count). The van der Waals surface area contributed by atoms with Crippen molar-refractivity contribution in [3.05, 3.63) is 47.0 Å². The van der Waals surface area contributed by atoms with Gasteiger partial charge in [0.15, 0.2) is 23.0 Å². The van der Waals surface area contributed by atoms with Gasteiger partial charge in [-0.05, 0) is 70.5 Å². The van der Waals surface area contributed by atoms with Gasteiger partial charge in [0.05, 0.1) is 38.6 Å². The molecule has 0 spiro atoms. The minimum atomic E-state index is -0.723. The van der Waals surface area contributed by atoms with Crippen molar-refractivity contribution in [2.75, 3.05) is 33.0 Å². The Hall–Kier alpha value is -4.19. The summed E-state index contributed by atoms with van der Waals surface area (Å²) in [6.45, 7) is 10.5. The van der Waals surface area contributed by atoms with Gasteiger partial charge in [-0.15, -0.1) is 0 Å². The minimum absolute atomic E-state index is 0.151. The lowest BCUT2D eigenvalue weighted by molar-refractivity contribution is -0.137. The number of esters is 2. The van der Waals surface area contributed by atoms with Crippen LogP contribution in [0.15, 0.2) is 35.9 Å². The fourth-order valence-electron chi connectivity index (χ4n) is 3.14. The van der Waals surface area contributed by atoms with Crippen LogP contribution in [0.3, 0.4) is 0 Å².